The average molecular weight is 306 g/mol. The van der Waals surface area contributed by atoms with Crippen molar-refractivity contribution in [1.82, 2.24) is 19.7 Å². The van der Waals surface area contributed by atoms with E-state index in [2.05, 4.69) is 15.1 Å². The minimum Gasteiger partial charge on any atom is -0.231 e. The van der Waals surface area contributed by atoms with Crippen LogP contribution in [0.2, 0.25) is 0 Å². The van der Waals surface area contributed by atoms with E-state index >= 15 is 0 Å². The summed E-state index contributed by atoms with van der Waals surface area (Å²) < 4.78 is 59.6. The normalized spacial score (nSPS) is 12.1. The Kier molecular flexibility index (Phi) is 3.75. The Bertz CT molecular complexity index is 701. The third-order valence-electron chi connectivity index (χ3n) is 2.46. The lowest BCUT2D eigenvalue weighted by Crippen LogP contribution is -2.07. The number of rotatable bonds is 3. The molecule has 0 aliphatic rings. The summed E-state index contributed by atoms with van der Waals surface area (Å²) in [6, 6.07) is 0. The van der Waals surface area contributed by atoms with Crippen molar-refractivity contribution in [3.8, 4) is 5.95 Å². The Morgan fingerprint density at radius 2 is 2.00 bits per heavy atom. The molecule has 2 aromatic heterocycles. The van der Waals surface area contributed by atoms with Crippen molar-refractivity contribution in [3.63, 3.8) is 0 Å². The third-order valence-corrected chi connectivity index (χ3v) is 3.02. The maximum atomic E-state index is 12.5. The Labute approximate surface area is 113 Å². The smallest absolute Gasteiger partial charge is 0.231 e. The molecule has 0 atom stereocenters. The van der Waals surface area contributed by atoms with Gasteiger partial charge in [0.25, 0.3) is 5.95 Å². The molecule has 0 aliphatic heterocycles. The molecule has 0 saturated carbocycles. The Morgan fingerprint density at radius 3 is 2.55 bits per heavy atom. The molecule has 2 rings (SSSR count). The fraction of sp³-hybridized carbons (Fsp3) is 0.300. The lowest BCUT2D eigenvalue weighted by atomic mass is 10.3. The molecule has 0 radical (unpaired) electrons. The molecule has 0 fully saturated rings. The van der Waals surface area contributed by atoms with Gasteiger partial charge in [-0.25, -0.2) is 23.1 Å². The van der Waals surface area contributed by atoms with Gasteiger partial charge in [0.05, 0.1) is 23.2 Å². The predicted molar refractivity (Wildman–Crippen MR) is 62.9 cm³/mol. The average Bonchev–Trinajstić information content (AvgIpc) is 2.80. The predicted octanol–water partition coefficient (Wildman–Crippen LogP) is 1.10. The van der Waals surface area contributed by atoms with Crippen LogP contribution in [0, 0.1) is 6.92 Å². The lowest BCUT2D eigenvalue weighted by molar-refractivity contribution is -0.137. The second kappa shape index (κ2) is 5.19. The van der Waals surface area contributed by atoms with Gasteiger partial charge in [-0.05, 0) is 12.5 Å². The zero-order valence-corrected chi connectivity index (χ0v) is 11.0. The van der Waals surface area contributed by atoms with Crippen molar-refractivity contribution in [3.05, 3.63) is 35.4 Å². The summed E-state index contributed by atoms with van der Waals surface area (Å²) in [4.78, 5) is 7.75. The maximum absolute atomic E-state index is 12.5. The first-order valence-corrected chi connectivity index (χ1v) is 6.70. The Hall–Kier alpha value is -1.97. The molecule has 0 saturated heterocycles. The van der Waals surface area contributed by atoms with Crippen LogP contribution < -0.4 is 0 Å². The maximum Gasteiger partial charge on any atom is 0.419 e. The lowest BCUT2D eigenvalue weighted by Gasteiger charge is -2.04. The van der Waals surface area contributed by atoms with Gasteiger partial charge in [0.15, 0.2) is 0 Å². The van der Waals surface area contributed by atoms with Crippen LogP contribution in [0.5, 0.6) is 0 Å². The van der Waals surface area contributed by atoms with Gasteiger partial charge in [0.1, 0.15) is 10.7 Å². The van der Waals surface area contributed by atoms with Gasteiger partial charge in [-0.3, -0.25) is 0 Å². The summed E-state index contributed by atoms with van der Waals surface area (Å²) in [5.74, 6) is -0.415. The summed E-state index contributed by atoms with van der Waals surface area (Å²) in [6.45, 7) is 1.61. The molecule has 2 aromatic rings. The topological polar surface area (TPSA) is 77.7 Å². The monoisotopic (exact) mass is 306 g/mol. The number of aromatic nitrogens is 4. The molecule has 2 heterocycles. The van der Waals surface area contributed by atoms with Crippen molar-refractivity contribution in [2.45, 2.75) is 18.9 Å². The van der Waals surface area contributed by atoms with Gasteiger partial charge >= 0.3 is 6.18 Å². The standard InChI is InChI=1S/C10H9F3N4O2S/c1-6-2-14-9(16-8(6)5-20(18)19)17-4-7(3-15-17)10(11,12)13/h2-4,20H,5H2,1H3. The van der Waals surface area contributed by atoms with E-state index in [0.29, 0.717) is 11.8 Å². The number of hydrogen-bond acceptors (Lipinski definition) is 5. The second-order valence-electron chi connectivity index (χ2n) is 3.96. The molecule has 20 heavy (non-hydrogen) atoms. The first-order valence-electron chi connectivity index (χ1n) is 5.34. The molecule has 6 nitrogen and oxygen atoms in total. The highest BCUT2D eigenvalue weighted by atomic mass is 32.2. The summed E-state index contributed by atoms with van der Waals surface area (Å²) in [5.41, 5.74) is -0.163. The van der Waals surface area contributed by atoms with Crippen molar-refractivity contribution >= 4 is 10.7 Å². The first-order chi connectivity index (χ1) is 9.27. The van der Waals surface area contributed by atoms with Crippen LogP contribution in [-0.2, 0) is 22.6 Å². The fourth-order valence-corrected chi connectivity index (χ4v) is 2.00. The molecule has 0 aromatic carbocycles. The van der Waals surface area contributed by atoms with Gasteiger partial charge in [-0.2, -0.15) is 18.3 Å². The highest BCUT2D eigenvalue weighted by Gasteiger charge is 2.32. The van der Waals surface area contributed by atoms with Gasteiger partial charge in [-0.15, -0.1) is 0 Å². The van der Waals surface area contributed by atoms with Crippen molar-refractivity contribution in [2.75, 3.05) is 0 Å². The first kappa shape index (κ1) is 14.4. The summed E-state index contributed by atoms with van der Waals surface area (Å²) in [7, 11) is -2.69. The molecule has 0 N–H and O–H groups in total. The van der Waals surface area contributed by atoms with Crippen LogP contribution in [0.15, 0.2) is 18.6 Å². The van der Waals surface area contributed by atoms with E-state index in [1.807, 2.05) is 0 Å². The molecule has 0 bridgehead atoms. The molecular weight excluding hydrogens is 297 g/mol. The highest BCUT2D eigenvalue weighted by Crippen LogP contribution is 2.28. The van der Waals surface area contributed by atoms with E-state index in [9.17, 15) is 21.6 Å². The van der Waals surface area contributed by atoms with E-state index in [4.69, 9.17) is 0 Å². The molecule has 0 spiro atoms. The van der Waals surface area contributed by atoms with Crippen LogP contribution >= 0.6 is 0 Å². The van der Waals surface area contributed by atoms with Crippen LogP contribution in [0.3, 0.4) is 0 Å². The van der Waals surface area contributed by atoms with Crippen LogP contribution in [0.1, 0.15) is 16.8 Å². The van der Waals surface area contributed by atoms with Crippen molar-refractivity contribution in [1.29, 1.82) is 0 Å². The van der Waals surface area contributed by atoms with E-state index in [0.717, 1.165) is 10.9 Å². The molecular formula is C10H9F3N4O2S. The minimum atomic E-state index is -4.51. The SMILES string of the molecule is Cc1cnc(-n2cc(C(F)(F)F)cn2)nc1C[SH](=O)=O. The molecule has 10 heteroatoms. The molecule has 0 amide bonds. The van der Waals surface area contributed by atoms with E-state index in [1.165, 1.54) is 6.20 Å². The van der Waals surface area contributed by atoms with Gasteiger partial charge in [0, 0.05) is 12.4 Å². The number of alkyl halides is 3. The highest BCUT2D eigenvalue weighted by molar-refractivity contribution is 7.71. The van der Waals surface area contributed by atoms with Crippen molar-refractivity contribution in [2.24, 2.45) is 0 Å². The quantitative estimate of drug-likeness (QED) is 0.859. The molecule has 0 unspecified atom stereocenters. The van der Waals surface area contributed by atoms with Gasteiger partial charge < -0.3 is 0 Å². The zero-order chi connectivity index (χ0) is 14.9. The number of thiol groups is 1. The Morgan fingerprint density at radius 1 is 1.30 bits per heavy atom. The third kappa shape index (κ3) is 3.13. The summed E-state index contributed by atoms with van der Waals surface area (Å²) in [6.07, 6.45) is -1.78. The molecule has 108 valence electrons. The zero-order valence-electron chi connectivity index (χ0n) is 10.1. The Balaban J connectivity index is 2.40. The minimum absolute atomic E-state index is 0.113. The van der Waals surface area contributed by atoms with E-state index < -0.39 is 22.4 Å². The summed E-state index contributed by atoms with van der Waals surface area (Å²) >= 11 is 0. The van der Waals surface area contributed by atoms with Crippen molar-refractivity contribution < 1.29 is 21.6 Å². The largest absolute Gasteiger partial charge is 0.419 e. The number of nitrogens with zero attached hydrogens (tertiary/aromatic N) is 4. The van der Waals surface area contributed by atoms with Crippen LogP contribution in [-0.4, -0.2) is 28.2 Å². The fourth-order valence-electron chi connectivity index (χ4n) is 1.44. The second-order valence-corrected chi connectivity index (χ2v) is 4.94. The van der Waals surface area contributed by atoms with Gasteiger partial charge in [-0.1, -0.05) is 0 Å². The summed E-state index contributed by atoms with van der Waals surface area (Å²) in [5, 5.41) is 3.52. The number of aryl methyl sites for hydroxylation is 1. The van der Waals surface area contributed by atoms with E-state index in [1.54, 1.807) is 6.92 Å². The van der Waals surface area contributed by atoms with Gasteiger partial charge in [0.2, 0.25) is 0 Å². The number of hydrogen-bond donors (Lipinski definition) is 1. The molecule has 0 aliphatic carbocycles. The van der Waals surface area contributed by atoms with Crippen LogP contribution in [0.4, 0.5) is 13.2 Å². The van der Waals surface area contributed by atoms with E-state index in [-0.39, 0.29) is 17.4 Å². The number of halogens is 3. The van der Waals surface area contributed by atoms with Crippen LogP contribution in [0.25, 0.3) is 5.95 Å².